The number of benzene rings is 1. The van der Waals surface area contributed by atoms with Crippen molar-refractivity contribution < 1.29 is 27.6 Å². The molecule has 1 aliphatic heterocycles. The normalized spacial score (nSPS) is 15.8. The largest absolute Gasteiger partial charge is 0.416 e. The summed E-state index contributed by atoms with van der Waals surface area (Å²) in [5.41, 5.74) is 1.12. The molecular weight excluding hydrogens is 625 g/mol. The van der Waals surface area contributed by atoms with Crippen molar-refractivity contribution in [2.24, 2.45) is 0 Å². The van der Waals surface area contributed by atoms with Crippen LogP contribution in [0.25, 0.3) is 11.0 Å². The summed E-state index contributed by atoms with van der Waals surface area (Å²) in [6.07, 6.45) is 5.21. The molecule has 1 saturated carbocycles. The van der Waals surface area contributed by atoms with Crippen molar-refractivity contribution in [3.8, 4) is 0 Å². The summed E-state index contributed by atoms with van der Waals surface area (Å²) in [5.74, 6) is -0.216. The molecule has 4 heterocycles. The molecule has 1 N–H and O–H groups in total. The van der Waals surface area contributed by atoms with Crippen LogP contribution in [-0.4, -0.2) is 87.2 Å². The van der Waals surface area contributed by atoms with E-state index in [4.69, 9.17) is 4.98 Å². The number of carbonyl (C=O) groups excluding carboxylic acids is 3. The van der Waals surface area contributed by atoms with Gasteiger partial charge in [-0.2, -0.15) is 18.2 Å². The van der Waals surface area contributed by atoms with Crippen molar-refractivity contribution in [3.05, 3.63) is 83.8 Å². The zero-order valence-corrected chi connectivity index (χ0v) is 26.6. The molecular formula is C34H35F3N8O3. The smallest absolute Gasteiger partial charge is 0.367 e. The number of carbonyl (C=O) groups is 3. The van der Waals surface area contributed by atoms with E-state index in [0.717, 1.165) is 67.1 Å². The van der Waals surface area contributed by atoms with Gasteiger partial charge in [0.1, 0.15) is 17.2 Å². The summed E-state index contributed by atoms with van der Waals surface area (Å²) in [4.78, 5) is 57.1. The second-order valence-electron chi connectivity index (χ2n) is 12.1. The maximum atomic E-state index is 13.0. The van der Waals surface area contributed by atoms with Gasteiger partial charge < -0.3 is 24.6 Å². The molecule has 0 atom stereocenters. The molecule has 4 aromatic rings. The number of hydrogen-bond acceptors (Lipinski definition) is 8. The minimum atomic E-state index is -4.56. The molecule has 2 aliphatic rings. The summed E-state index contributed by atoms with van der Waals surface area (Å²) in [6.45, 7) is 1.85. The number of fused-ring (bicyclic) bond motifs is 1. The topological polar surface area (TPSA) is 117 Å². The van der Waals surface area contributed by atoms with E-state index in [-0.39, 0.29) is 23.4 Å². The minimum absolute atomic E-state index is 0.0718. The van der Waals surface area contributed by atoms with Gasteiger partial charge in [-0.3, -0.25) is 14.4 Å². The Kier molecular flexibility index (Phi) is 9.16. The molecule has 1 aliphatic carbocycles. The fourth-order valence-electron chi connectivity index (χ4n) is 6.14. The summed E-state index contributed by atoms with van der Waals surface area (Å²) in [5, 5.41) is 3.97. The molecule has 0 radical (unpaired) electrons. The number of nitrogens with zero attached hydrogens (tertiary/aromatic N) is 7. The molecule has 1 saturated heterocycles. The maximum Gasteiger partial charge on any atom is 0.416 e. The Bertz CT molecular complexity index is 1860. The highest BCUT2D eigenvalue weighted by atomic mass is 19.4. The van der Waals surface area contributed by atoms with E-state index in [1.54, 1.807) is 36.3 Å². The van der Waals surface area contributed by atoms with Gasteiger partial charge in [-0.15, -0.1) is 0 Å². The summed E-state index contributed by atoms with van der Waals surface area (Å²) >= 11 is 0. The number of piperazine rings is 1. The van der Waals surface area contributed by atoms with Crippen LogP contribution in [0.5, 0.6) is 0 Å². The van der Waals surface area contributed by atoms with Gasteiger partial charge >= 0.3 is 6.18 Å². The maximum absolute atomic E-state index is 13.0. The second kappa shape index (κ2) is 13.5. The van der Waals surface area contributed by atoms with Gasteiger partial charge in [0.15, 0.2) is 5.78 Å². The fraction of sp³-hybridized carbons (Fsp3) is 0.353. The highest BCUT2D eigenvalue weighted by Gasteiger charge is 2.31. The molecule has 0 bridgehead atoms. The third-order valence-corrected chi connectivity index (χ3v) is 8.69. The lowest BCUT2D eigenvalue weighted by Crippen LogP contribution is -2.48. The first-order valence-corrected chi connectivity index (χ1v) is 15.7. The fourth-order valence-corrected chi connectivity index (χ4v) is 6.14. The van der Waals surface area contributed by atoms with Crippen LogP contribution in [-0.2, 0) is 11.0 Å². The number of halogens is 3. The molecule has 0 spiro atoms. The molecule has 1 aromatic carbocycles. The van der Waals surface area contributed by atoms with E-state index >= 15 is 0 Å². The predicted octanol–water partition coefficient (Wildman–Crippen LogP) is 5.49. The van der Waals surface area contributed by atoms with Crippen molar-refractivity contribution in [2.45, 2.75) is 37.9 Å². The quantitative estimate of drug-likeness (QED) is 0.195. The molecule has 14 heteroatoms. The predicted molar refractivity (Wildman–Crippen MR) is 174 cm³/mol. The highest BCUT2D eigenvalue weighted by Crippen LogP contribution is 2.35. The van der Waals surface area contributed by atoms with Crippen LogP contribution in [0.1, 0.15) is 58.1 Å². The van der Waals surface area contributed by atoms with Crippen LogP contribution in [0.3, 0.4) is 0 Å². The highest BCUT2D eigenvalue weighted by molar-refractivity contribution is 6.07. The lowest BCUT2D eigenvalue weighted by molar-refractivity contribution is -0.137. The average molecular weight is 661 g/mol. The van der Waals surface area contributed by atoms with E-state index in [2.05, 4.69) is 24.8 Å². The van der Waals surface area contributed by atoms with Crippen LogP contribution in [0.4, 0.5) is 30.6 Å². The first-order valence-electron chi connectivity index (χ1n) is 15.7. The van der Waals surface area contributed by atoms with Crippen molar-refractivity contribution in [2.75, 3.05) is 50.5 Å². The van der Waals surface area contributed by atoms with Crippen molar-refractivity contribution >= 4 is 46.1 Å². The minimum Gasteiger partial charge on any atom is -0.367 e. The molecule has 3 aromatic heterocycles. The zero-order chi connectivity index (χ0) is 34.0. The Hall–Kier alpha value is -5.27. The van der Waals surface area contributed by atoms with Gasteiger partial charge in [-0.25, -0.2) is 9.97 Å². The number of aromatic nitrogens is 4. The third kappa shape index (κ3) is 7.02. The molecule has 2 fully saturated rings. The summed E-state index contributed by atoms with van der Waals surface area (Å²) in [7, 11) is 3.48. The van der Waals surface area contributed by atoms with E-state index in [1.165, 1.54) is 6.07 Å². The van der Waals surface area contributed by atoms with Crippen LogP contribution in [0.2, 0.25) is 0 Å². The van der Waals surface area contributed by atoms with Gasteiger partial charge in [0.25, 0.3) is 5.91 Å². The van der Waals surface area contributed by atoms with Crippen molar-refractivity contribution in [3.63, 3.8) is 0 Å². The van der Waals surface area contributed by atoms with E-state index in [9.17, 15) is 27.6 Å². The Morgan fingerprint density at radius 1 is 0.938 bits per heavy atom. The lowest BCUT2D eigenvalue weighted by atomic mass is 10.1. The van der Waals surface area contributed by atoms with Gasteiger partial charge in [0.05, 0.1) is 17.4 Å². The van der Waals surface area contributed by atoms with Gasteiger partial charge in [-0.05, 0) is 49.2 Å². The Balaban J connectivity index is 1.07. The number of ketones is 1. The van der Waals surface area contributed by atoms with Gasteiger partial charge in [0, 0.05) is 69.5 Å². The van der Waals surface area contributed by atoms with E-state index in [0.29, 0.717) is 49.3 Å². The molecule has 48 heavy (non-hydrogen) atoms. The van der Waals surface area contributed by atoms with Crippen molar-refractivity contribution in [1.29, 1.82) is 0 Å². The third-order valence-electron chi connectivity index (χ3n) is 8.69. The number of amides is 2. The van der Waals surface area contributed by atoms with Crippen LogP contribution in [0, 0.1) is 0 Å². The second-order valence-corrected chi connectivity index (χ2v) is 12.1. The van der Waals surface area contributed by atoms with Gasteiger partial charge in [0.2, 0.25) is 11.9 Å². The van der Waals surface area contributed by atoms with Crippen molar-refractivity contribution in [1.82, 2.24) is 29.3 Å². The first-order chi connectivity index (χ1) is 23.0. The number of alkyl halides is 3. The lowest BCUT2D eigenvalue weighted by Gasteiger charge is -2.35. The van der Waals surface area contributed by atoms with Crippen LogP contribution in [0.15, 0.2) is 67.0 Å². The number of nitrogens with one attached hydrogen (secondary N) is 1. The first kappa shape index (κ1) is 32.7. The number of allylic oxidation sites excluding steroid dienone is 1. The Morgan fingerprint density at radius 3 is 2.35 bits per heavy atom. The van der Waals surface area contributed by atoms with Gasteiger partial charge in [-0.1, -0.05) is 25.0 Å². The SMILES string of the molecule is CN(C)C(=O)c1cc2cnc(Nc3ccc(N4CCN(C(=O)/C=C/C(=O)c5cccc(C(F)(F)F)c5)CC4)cn3)nc2n1C1CCCC1. The summed E-state index contributed by atoms with van der Waals surface area (Å²) in [6, 6.07) is 9.91. The Morgan fingerprint density at radius 2 is 1.69 bits per heavy atom. The monoisotopic (exact) mass is 660 g/mol. The molecule has 6 rings (SSSR count). The van der Waals surface area contributed by atoms with Crippen LogP contribution >= 0.6 is 0 Å². The molecule has 2 amide bonds. The number of hydrogen-bond donors (Lipinski definition) is 1. The van der Waals surface area contributed by atoms with E-state index in [1.807, 2.05) is 18.2 Å². The van der Waals surface area contributed by atoms with E-state index < -0.39 is 17.5 Å². The Labute approximate surface area is 275 Å². The molecule has 250 valence electrons. The number of pyridine rings is 1. The van der Waals surface area contributed by atoms with Crippen LogP contribution < -0.4 is 10.2 Å². The number of anilines is 3. The zero-order valence-electron chi connectivity index (χ0n) is 26.6. The molecule has 0 unspecified atom stereocenters. The molecule has 11 nitrogen and oxygen atoms in total. The number of rotatable bonds is 8. The average Bonchev–Trinajstić information content (AvgIpc) is 3.75. The standard InChI is InChI=1S/C34H35F3N8O3/c1-42(2)32(48)27-19-23-20-39-33(41-31(23)45(27)25-8-3-4-9-25)40-29-12-10-26(21-38-29)43-14-16-44(17-15-43)30(47)13-11-28(46)22-6-5-7-24(18-22)34(35,36)37/h5-7,10-13,18-21,25H,3-4,8-9,14-17H2,1-2H3,(H,38,39,40,41)/b13-11+. The summed E-state index contributed by atoms with van der Waals surface area (Å²) < 4.78 is 41.0.